The standard InChI is InChI=1S/C43H33NS/c1-29-12-11-19-40(45-42-36(29)26-27-39-41(42)37-17-9-10-18-38(37)43(39,2)3)31-21-23-34(24-22-31)44(33-15-5-4-6-16-33)35-25-20-30-13-7-8-14-32(30)28-35/h4-28H,1H2,2-3H3/b12-11-,40-19-. The molecule has 0 N–H and O–H groups in total. The van der Waals surface area contributed by atoms with Crippen LogP contribution in [0, 0.1) is 0 Å². The van der Waals surface area contributed by atoms with E-state index in [1.807, 2.05) is 11.8 Å². The molecule has 1 heterocycles. The maximum atomic E-state index is 4.45. The predicted molar refractivity (Wildman–Crippen MR) is 195 cm³/mol. The molecule has 0 fully saturated rings. The molecule has 1 aliphatic carbocycles. The Morgan fingerprint density at radius 3 is 2.11 bits per heavy atom. The van der Waals surface area contributed by atoms with E-state index in [1.165, 1.54) is 54.0 Å². The Hall–Kier alpha value is -5.05. The maximum absolute atomic E-state index is 4.45. The van der Waals surface area contributed by atoms with Crippen LogP contribution < -0.4 is 4.90 Å². The molecular formula is C43H33NS. The number of nitrogens with zero attached hydrogens (tertiary/aromatic N) is 1. The van der Waals surface area contributed by atoms with Gasteiger partial charge in [-0.3, -0.25) is 0 Å². The van der Waals surface area contributed by atoms with Gasteiger partial charge in [-0.15, -0.1) is 0 Å². The van der Waals surface area contributed by atoms with Crippen LogP contribution >= 0.6 is 11.8 Å². The van der Waals surface area contributed by atoms with Crippen molar-refractivity contribution in [3.05, 3.63) is 181 Å². The van der Waals surface area contributed by atoms with Gasteiger partial charge in [0.05, 0.1) is 0 Å². The van der Waals surface area contributed by atoms with E-state index in [9.17, 15) is 0 Å². The van der Waals surface area contributed by atoms with E-state index < -0.39 is 0 Å². The van der Waals surface area contributed by atoms with Crippen molar-refractivity contribution >= 4 is 50.1 Å². The minimum absolute atomic E-state index is 0.0454. The van der Waals surface area contributed by atoms with Crippen LogP contribution in [0.15, 0.2) is 163 Å². The third-order valence-corrected chi connectivity index (χ3v) is 10.4. The van der Waals surface area contributed by atoms with Crippen LogP contribution in [0.1, 0.15) is 36.1 Å². The van der Waals surface area contributed by atoms with Gasteiger partial charge in [0.2, 0.25) is 0 Å². The zero-order chi connectivity index (χ0) is 30.5. The fourth-order valence-electron chi connectivity index (χ4n) is 6.88. The van der Waals surface area contributed by atoms with Crippen molar-refractivity contribution in [1.29, 1.82) is 0 Å². The molecule has 2 aliphatic rings. The Bertz CT molecular complexity index is 2170. The van der Waals surface area contributed by atoms with Gasteiger partial charge in [-0.25, -0.2) is 0 Å². The predicted octanol–water partition coefficient (Wildman–Crippen LogP) is 12.3. The normalized spacial score (nSPS) is 16.5. The maximum Gasteiger partial charge on any atom is 0.0468 e. The molecule has 1 nitrogen and oxygen atoms in total. The third-order valence-electron chi connectivity index (χ3n) is 9.22. The van der Waals surface area contributed by atoms with Gasteiger partial charge in [0.25, 0.3) is 0 Å². The highest BCUT2D eigenvalue weighted by Crippen LogP contribution is 2.55. The van der Waals surface area contributed by atoms with Crippen molar-refractivity contribution in [1.82, 2.24) is 0 Å². The lowest BCUT2D eigenvalue weighted by Crippen LogP contribution is -2.15. The van der Waals surface area contributed by atoms with Gasteiger partial charge < -0.3 is 4.90 Å². The molecule has 6 aromatic rings. The summed E-state index contributed by atoms with van der Waals surface area (Å²) in [6.45, 7) is 9.13. The van der Waals surface area contributed by atoms with Crippen LogP contribution in [0.2, 0.25) is 0 Å². The van der Waals surface area contributed by atoms with Crippen LogP contribution in [0.25, 0.3) is 32.4 Å². The highest BCUT2D eigenvalue weighted by molar-refractivity contribution is 8.08. The highest BCUT2D eigenvalue weighted by Gasteiger charge is 2.37. The molecule has 0 aromatic heterocycles. The number of rotatable bonds is 4. The summed E-state index contributed by atoms with van der Waals surface area (Å²) in [4.78, 5) is 4.84. The fourth-order valence-corrected chi connectivity index (χ4v) is 8.13. The first-order valence-corrected chi connectivity index (χ1v) is 16.3. The number of fused-ring (bicyclic) bond motifs is 6. The Balaban J connectivity index is 1.21. The van der Waals surface area contributed by atoms with Gasteiger partial charge in [0.15, 0.2) is 0 Å². The van der Waals surface area contributed by atoms with Crippen molar-refractivity contribution in [2.24, 2.45) is 0 Å². The second kappa shape index (κ2) is 10.8. The fraction of sp³-hybridized carbons (Fsp3) is 0.0698. The molecule has 0 unspecified atom stereocenters. The zero-order valence-corrected chi connectivity index (χ0v) is 26.3. The van der Waals surface area contributed by atoms with E-state index in [0.717, 1.165) is 22.6 Å². The largest absolute Gasteiger partial charge is 0.310 e. The smallest absolute Gasteiger partial charge is 0.0468 e. The molecule has 1 aliphatic heterocycles. The van der Waals surface area contributed by atoms with E-state index in [4.69, 9.17) is 0 Å². The van der Waals surface area contributed by atoms with E-state index in [0.29, 0.717) is 0 Å². The average Bonchev–Trinajstić information content (AvgIpc) is 3.30. The molecular weight excluding hydrogens is 563 g/mol. The van der Waals surface area contributed by atoms with Crippen molar-refractivity contribution in [3.8, 4) is 11.1 Å². The number of para-hydroxylation sites is 1. The van der Waals surface area contributed by atoms with Crippen molar-refractivity contribution < 1.29 is 0 Å². The number of allylic oxidation sites excluding steroid dienone is 4. The van der Waals surface area contributed by atoms with Gasteiger partial charge in [0.1, 0.15) is 0 Å². The first-order valence-electron chi connectivity index (χ1n) is 15.5. The second-order valence-electron chi connectivity index (χ2n) is 12.3. The van der Waals surface area contributed by atoms with E-state index in [-0.39, 0.29) is 5.41 Å². The molecule has 0 spiro atoms. The number of hydrogen-bond acceptors (Lipinski definition) is 2. The van der Waals surface area contributed by atoms with Crippen molar-refractivity contribution in [2.75, 3.05) is 4.90 Å². The molecule has 0 saturated heterocycles. The molecule has 2 heteroatoms. The second-order valence-corrected chi connectivity index (χ2v) is 13.4. The molecule has 8 rings (SSSR count). The summed E-state index contributed by atoms with van der Waals surface area (Å²) >= 11 is 1.86. The molecule has 0 radical (unpaired) electrons. The van der Waals surface area contributed by atoms with Gasteiger partial charge >= 0.3 is 0 Å². The molecule has 0 atom stereocenters. The Morgan fingerprint density at radius 1 is 0.600 bits per heavy atom. The number of hydrogen-bond donors (Lipinski definition) is 0. The van der Waals surface area contributed by atoms with E-state index in [2.05, 4.69) is 177 Å². The summed E-state index contributed by atoms with van der Waals surface area (Å²) in [6.07, 6.45) is 6.51. The van der Waals surface area contributed by atoms with Crippen LogP contribution in [-0.4, -0.2) is 0 Å². The lowest BCUT2D eigenvalue weighted by atomic mass is 9.82. The van der Waals surface area contributed by atoms with Crippen LogP contribution in [0.3, 0.4) is 0 Å². The highest BCUT2D eigenvalue weighted by atomic mass is 32.2. The zero-order valence-electron chi connectivity index (χ0n) is 25.5. The van der Waals surface area contributed by atoms with Crippen LogP contribution in [0.5, 0.6) is 0 Å². The number of thioether (sulfide) groups is 1. The lowest BCUT2D eigenvalue weighted by Gasteiger charge is -2.26. The van der Waals surface area contributed by atoms with Crippen LogP contribution in [-0.2, 0) is 5.41 Å². The van der Waals surface area contributed by atoms with E-state index in [1.54, 1.807) is 0 Å². The first kappa shape index (κ1) is 27.5. The minimum atomic E-state index is -0.0454. The molecule has 6 aromatic carbocycles. The van der Waals surface area contributed by atoms with Crippen molar-refractivity contribution in [3.63, 3.8) is 0 Å². The Kier molecular flexibility index (Phi) is 6.62. The summed E-state index contributed by atoms with van der Waals surface area (Å²) in [7, 11) is 0. The minimum Gasteiger partial charge on any atom is -0.310 e. The lowest BCUT2D eigenvalue weighted by molar-refractivity contribution is 0.659. The molecule has 0 saturated carbocycles. The van der Waals surface area contributed by atoms with Crippen molar-refractivity contribution in [2.45, 2.75) is 24.2 Å². The molecule has 0 bridgehead atoms. The summed E-state index contributed by atoms with van der Waals surface area (Å²) in [5.41, 5.74) is 12.3. The topological polar surface area (TPSA) is 3.24 Å². The van der Waals surface area contributed by atoms with E-state index >= 15 is 0 Å². The summed E-state index contributed by atoms with van der Waals surface area (Å²) in [5, 5.41) is 2.47. The average molecular weight is 596 g/mol. The first-order chi connectivity index (χ1) is 22.0. The van der Waals surface area contributed by atoms with Gasteiger partial charge in [-0.05, 0) is 86.6 Å². The summed E-state index contributed by atoms with van der Waals surface area (Å²) in [6, 6.07) is 48.3. The third kappa shape index (κ3) is 4.65. The Morgan fingerprint density at radius 2 is 1.29 bits per heavy atom. The number of benzene rings is 6. The van der Waals surface area contributed by atoms with Gasteiger partial charge in [-0.1, -0.05) is 141 Å². The molecule has 45 heavy (non-hydrogen) atoms. The van der Waals surface area contributed by atoms with Crippen LogP contribution in [0.4, 0.5) is 17.1 Å². The SMILES string of the molecule is C=C1/C=C\C=C(\c2ccc(N(c3ccccc3)c3ccc4ccccc4c3)cc2)Sc2c1ccc1c2-c2ccccc2C1(C)C. The van der Waals surface area contributed by atoms with Gasteiger partial charge in [-0.2, -0.15) is 0 Å². The molecule has 216 valence electrons. The summed E-state index contributed by atoms with van der Waals surface area (Å²) < 4.78 is 0. The van der Waals surface area contributed by atoms with Gasteiger partial charge in [0, 0.05) is 37.8 Å². The molecule has 0 amide bonds. The summed E-state index contributed by atoms with van der Waals surface area (Å²) in [5.74, 6) is 0. The quantitative estimate of drug-likeness (QED) is 0.199. The number of anilines is 3. The monoisotopic (exact) mass is 595 g/mol. The Labute approximate surface area is 269 Å².